The number of fused-ring (bicyclic) bond motifs is 2. The van der Waals surface area contributed by atoms with E-state index in [0.717, 1.165) is 101 Å². The Kier molecular flexibility index (Phi) is 42.4. The molecule has 0 aliphatic heterocycles. The molecule has 0 saturated carbocycles. The van der Waals surface area contributed by atoms with Crippen molar-refractivity contribution in [1.29, 1.82) is 0 Å². The summed E-state index contributed by atoms with van der Waals surface area (Å²) < 4.78 is 4.18. The van der Waals surface area contributed by atoms with E-state index >= 15 is 0 Å². The molecule has 2 atom stereocenters. The fraction of sp³-hybridized carbons (Fsp3) is 0.120. The van der Waals surface area contributed by atoms with E-state index < -0.39 is 0 Å². The molecule has 133 heavy (non-hydrogen) atoms. The molecule has 0 bridgehead atoms. The summed E-state index contributed by atoms with van der Waals surface area (Å²) in [5, 5.41) is 24.9. The molecule has 0 amide bonds. The number of rotatable bonds is 16. The van der Waals surface area contributed by atoms with Gasteiger partial charge in [-0.15, -0.1) is 95.3 Å². The van der Waals surface area contributed by atoms with Crippen LogP contribution in [0, 0.1) is 54.5 Å². The van der Waals surface area contributed by atoms with E-state index in [2.05, 4.69) is 373 Å². The summed E-state index contributed by atoms with van der Waals surface area (Å²) in [5.41, 5.74) is 25.8. The van der Waals surface area contributed by atoms with Crippen LogP contribution in [0.3, 0.4) is 0 Å². The first-order valence-corrected chi connectivity index (χ1v) is 45.0. The zero-order chi connectivity index (χ0) is 92.5. The number of anilines is 1. The Morgan fingerprint density at radius 1 is 0.293 bits per heavy atom. The third-order valence-corrected chi connectivity index (χ3v) is 21.6. The summed E-state index contributed by atoms with van der Waals surface area (Å²) in [7, 11) is 0. The number of hydrogen-bond donors (Lipinski definition) is 1. The van der Waals surface area contributed by atoms with Gasteiger partial charge in [-0.1, -0.05) is 357 Å². The summed E-state index contributed by atoms with van der Waals surface area (Å²) in [6.07, 6.45) is 0. The maximum Gasteiger partial charge on any atom is 4.00 e. The van der Waals surface area contributed by atoms with Crippen molar-refractivity contribution in [3.05, 3.63) is 598 Å². The molecule has 0 aliphatic carbocycles. The molecule has 0 spiro atoms. The molecule has 1 N–H and O–H groups in total. The fourth-order valence-electron chi connectivity index (χ4n) is 14.7. The second-order valence-electron chi connectivity index (χ2n) is 33.1. The second-order valence-corrected chi connectivity index (χ2v) is 33.1. The van der Waals surface area contributed by atoms with E-state index in [4.69, 9.17) is 15.5 Å². The topological polar surface area (TPSA) is 61.8 Å². The molecule has 19 rings (SSSR count). The smallest absolute Gasteiger partial charge is 0.673 e. The second kappa shape index (κ2) is 54.8. The molecule has 19 aromatic rings. The molecule has 17 aromatic carbocycles. The Bertz CT molecular complexity index is 5760. The van der Waals surface area contributed by atoms with Gasteiger partial charge in [0.1, 0.15) is 0 Å². The fourth-order valence-corrected chi connectivity index (χ4v) is 14.7. The monoisotopic (exact) mass is 1890 g/mol. The van der Waals surface area contributed by atoms with Gasteiger partial charge in [0.05, 0.1) is 34.5 Å². The van der Waals surface area contributed by atoms with Crippen LogP contribution < -0.4 is 5.32 Å². The number of para-hydroxylation sites is 2. The van der Waals surface area contributed by atoms with Gasteiger partial charge in [-0.05, 0) is 82.6 Å². The first kappa shape index (κ1) is 103. The van der Waals surface area contributed by atoms with Gasteiger partial charge < -0.3 is 10.6 Å². The Labute approximate surface area is 832 Å². The van der Waals surface area contributed by atoms with Crippen molar-refractivity contribution in [2.75, 3.05) is 5.32 Å². The molecule has 0 saturated heterocycles. The Morgan fingerprint density at radius 2 is 0.594 bits per heavy atom. The molecule has 2 heterocycles. The molecule has 2 aromatic heterocycles. The van der Waals surface area contributed by atoms with E-state index in [0.29, 0.717) is 23.7 Å². The van der Waals surface area contributed by atoms with Crippen molar-refractivity contribution >= 4 is 32.9 Å². The van der Waals surface area contributed by atoms with Gasteiger partial charge in [0, 0.05) is 22.2 Å². The third-order valence-electron chi connectivity index (χ3n) is 21.6. The largest absolute Gasteiger partial charge is 4.00 e. The van der Waals surface area contributed by atoms with Crippen molar-refractivity contribution in [2.24, 2.45) is 0 Å². The molecule has 0 aliphatic rings. The Balaban J connectivity index is 0.000000196. The average Bonchev–Trinajstić information content (AvgIpc) is 1.63. The molecule has 0 fully saturated rings. The van der Waals surface area contributed by atoms with Gasteiger partial charge >= 0.3 is 52.4 Å². The number of nitrogens with zero attached hydrogens (tertiary/aromatic N) is 5. The average molecular weight is 1890 g/mol. The predicted octanol–water partition coefficient (Wildman–Crippen LogP) is 33.9. The van der Waals surface area contributed by atoms with Gasteiger partial charge in [-0.3, -0.25) is 4.68 Å². The van der Waals surface area contributed by atoms with Gasteiger partial charge in [-0.25, -0.2) is 4.68 Å². The van der Waals surface area contributed by atoms with Crippen LogP contribution in [0.5, 0.6) is 0 Å². The van der Waals surface area contributed by atoms with Crippen LogP contribution in [0.4, 0.5) is 11.4 Å². The van der Waals surface area contributed by atoms with E-state index in [1.807, 2.05) is 212 Å². The first-order valence-electron chi connectivity index (χ1n) is 45.0. The first-order chi connectivity index (χ1) is 63.8. The SMILES string of the molecule is CC(C)c1cccc(C(C)C)c1NC(c1ccccc1)c1cc(-c2ccccc2)n(-c2cccc3ccccc23)n1.CC(C)c1cccc(C(C)C)c1[N-]C(c1ccccc1)c1cc(-c2ccccc2)n(-c2[c-]ccc3ccccc23)n1.Cc1ccccc1.[CH2-]c1ccccc1.[CH2-]c1ccccc1.[CH2-]c1ccccc1.[CH2-]c1ccccc1.[CH2-]c1ccccc1.[CH2-]c1ccccc1.[Zr+4].[Zr+4]. The molecule has 0 radical (unpaired) electrons. The van der Waals surface area contributed by atoms with Crippen LogP contribution >= 0.6 is 0 Å². The zero-order valence-electron chi connectivity index (χ0n) is 78.3. The minimum absolute atomic E-state index is 0. The number of hydrogen-bond acceptors (Lipinski definition) is 3. The van der Waals surface area contributed by atoms with E-state index in [1.54, 1.807) is 0 Å². The normalized spacial score (nSPS) is 10.7. The van der Waals surface area contributed by atoms with Crippen LogP contribution in [0.2, 0.25) is 0 Å². The summed E-state index contributed by atoms with van der Waals surface area (Å²) in [6.45, 7) is 42.5. The van der Waals surface area contributed by atoms with Gasteiger partial charge in [0.15, 0.2) is 0 Å². The predicted molar refractivity (Wildman–Crippen MR) is 561 cm³/mol. The van der Waals surface area contributed by atoms with Crippen molar-refractivity contribution in [3.63, 3.8) is 0 Å². The molecular formula is C125H122N6Zr2. The summed E-state index contributed by atoms with van der Waals surface area (Å²) in [4.78, 5) is 0. The third kappa shape index (κ3) is 31.8. The van der Waals surface area contributed by atoms with Gasteiger partial charge in [0.2, 0.25) is 0 Å². The quantitative estimate of drug-likeness (QED) is 0.0981. The number of aromatic nitrogens is 4. The van der Waals surface area contributed by atoms with Gasteiger partial charge in [-0.2, -0.15) is 176 Å². The number of benzene rings is 17. The van der Waals surface area contributed by atoms with E-state index in [9.17, 15) is 0 Å². The zero-order valence-corrected chi connectivity index (χ0v) is 83.2. The number of nitrogens with one attached hydrogen (secondary N) is 1. The van der Waals surface area contributed by atoms with Crippen molar-refractivity contribution < 1.29 is 52.4 Å². The van der Waals surface area contributed by atoms with Crippen LogP contribution in [0.15, 0.2) is 461 Å². The summed E-state index contributed by atoms with van der Waals surface area (Å²) >= 11 is 0. The van der Waals surface area contributed by atoms with Gasteiger partial charge in [0.25, 0.3) is 0 Å². The summed E-state index contributed by atoms with van der Waals surface area (Å²) in [6, 6.07) is 160. The van der Waals surface area contributed by atoms with Crippen LogP contribution in [0.1, 0.15) is 175 Å². The van der Waals surface area contributed by atoms with Crippen LogP contribution in [-0.2, 0) is 52.4 Å². The molecule has 660 valence electrons. The van der Waals surface area contributed by atoms with Crippen molar-refractivity contribution in [1.82, 2.24) is 19.6 Å². The summed E-state index contributed by atoms with van der Waals surface area (Å²) in [5.74, 6) is 1.49. The van der Waals surface area contributed by atoms with Crippen molar-refractivity contribution in [2.45, 2.75) is 98.1 Å². The molecule has 8 heteroatoms. The van der Waals surface area contributed by atoms with Crippen LogP contribution in [-0.4, -0.2) is 19.6 Å². The molecule has 2 unspecified atom stereocenters. The Hall–Kier alpha value is -13.7. The Morgan fingerprint density at radius 3 is 0.962 bits per heavy atom. The maximum atomic E-state index is 5.56. The van der Waals surface area contributed by atoms with Crippen molar-refractivity contribution in [3.8, 4) is 33.9 Å². The standard InChI is InChI=1S/C38H37N3.C38H35N3.C7H8.6C7H7.2Zr/c2*1-26(2)31-22-14-23-32(27(3)4)38(31)39-37(30-18-9-6-10-19-30)34-25-36(29-16-7-5-8-17-29)41(40-34)35-24-13-20-28-15-11-12-21-33(28)35;7*1-7-5-3-2-4-6-7;;/h5-27,37,39H,1-4H3;5-23,25-27,37H,1-4H3;2-6H,1H3;6*2-6H,1H2;;/q;-2;;6*-1;2*+4. The molecule has 6 nitrogen and oxygen atoms in total. The van der Waals surface area contributed by atoms with E-state index in [1.165, 1.54) is 49.8 Å². The van der Waals surface area contributed by atoms with Crippen LogP contribution in [0.25, 0.3) is 60.8 Å². The maximum absolute atomic E-state index is 5.56. The van der Waals surface area contributed by atoms with E-state index in [-0.39, 0.29) is 64.5 Å². The molecular weight excluding hydrogens is 1770 g/mol. The number of aryl methyl sites for hydroxylation is 1. The minimum atomic E-state index is -0.271. The minimum Gasteiger partial charge on any atom is -0.673 e.